The van der Waals surface area contributed by atoms with Crippen LogP contribution in [0.4, 0.5) is 16.2 Å². The van der Waals surface area contributed by atoms with Crippen molar-refractivity contribution in [2.24, 2.45) is 0 Å². The fraction of sp³-hybridized carbons (Fsp3) is 0.375. The highest BCUT2D eigenvalue weighted by atomic mass is 35.5. The molecular formula is C16H17Cl3FN5. The number of benzene rings is 1. The lowest BCUT2D eigenvalue weighted by molar-refractivity contribution is 0.580. The van der Waals surface area contributed by atoms with Gasteiger partial charge >= 0.3 is 0 Å². The number of hydrogen-bond donors (Lipinski definition) is 2. The van der Waals surface area contributed by atoms with Crippen LogP contribution in [-0.4, -0.2) is 36.1 Å². The predicted molar refractivity (Wildman–Crippen MR) is 101 cm³/mol. The number of nitrogens with zero attached hydrogens (tertiary/aromatic N) is 3. The molecule has 1 aliphatic heterocycles. The van der Waals surface area contributed by atoms with Crippen LogP contribution < -0.4 is 15.5 Å². The van der Waals surface area contributed by atoms with Crippen molar-refractivity contribution >= 4 is 46.6 Å². The fourth-order valence-corrected chi connectivity index (χ4v) is 3.32. The standard InChI is InChI=1S/C16H17Cl3FN5/c1-9(10-6-14(20)12(18)7-11(10)17)23-15-13(19)8-22-16(24-15)25-4-2-21-3-5-25/h6-9,21H,2-5H2,1H3,(H,22,23,24). The van der Waals surface area contributed by atoms with Crippen LogP contribution in [0.3, 0.4) is 0 Å². The van der Waals surface area contributed by atoms with E-state index in [9.17, 15) is 4.39 Å². The van der Waals surface area contributed by atoms with E-state index in [0.29, 0.717) is 27.4 Å². The second-order valence-corrected chi connectivity index (χ2v) is 6.98. The number of piperazine rings is 1. The molecule has 25 heavy (non-hydrogen) atoms. The number of nitrogens with one attached hydrogen (secondary N) is 2. The highest BCUT2D eigenvalue weighted by Gasteiger charge is 2.18. The van der Waals surface area contributed by atoms with E-state index < -0.39 is 5.82 Å². The largest absolute Gasteiger partial charge is 0.362 e. The SMILES string of the molecule is CC(Nc1nc(N2CCNCC2)ncc1Cl)c1cc(F)c(Cl)cc1Cl. The minimum Gasteiger partial charge on any atom is -0.362 e. The van der Waals surface area contributed by atoms with Gasteiger partial charge in [-0.1, -0.05) is 34.8 Å². The quantitative estimate of drug-likeness (QED) is 0.750. The van der Waals surface area contributed by atoms with Gasteiger partial charge in [-0.25, -0.2) is 9.37 Å². The third-order valence-electron chi connectivity index (χ3n) is 3.99. The van der Waals surface area contributed by atoms with Crippen LogP contribution in [0.5, 0.6) is 0 Å². The normalized spacial score (nSPS) is 16.0. The summed E-state index contributed by atoms with van der Waals surface area (Å²) in [4.78, 5) is 10.9. The summed E-state index contributed by atoms with van der Waals surface area (Å²) in [6, 6.07) is 2.39. The van der Waals surface area contributed by atoms with Crippen LogP contribution in [0.2, 0.25) is 15.1 Å². The summed E-state index contributed by atoms with van der Waals surface area (Å²) < 4.78 is 13.8. The van der Waals surface area contributed by atoms with Gasteiger partial charge < -0.3 is 15.5 Å². The van der Waals surface area contributed by atoms with E-state index in [1.807, 2.05) is 6.92 Å². The first-order chi connectivity index (χ1) is 12.0. The van der Waals surface area contributed by atoms with E-state index in [1.54, 1.807) is 6.20 Å². The van der Waals surface area contributed by atoms with Crippen LogP contribution in [0, 0.1) is 5.82 Å². The predicted octanol–water partition coefficient (Wildman–Crippen LogP) is 4.16. The Balaban J connectivity index is 1.83. The van der Waals surface area contributed by atoms with E-state index in [1.165, 1.54) is 12.1 Å². The lowest BCUT2D eigenvalue weighted by Crippen LogP contribution is -2.44. The lowest BCUT2D eigenvalue weighted by atomic mass is 10.1. The van der Waals surface area contributed by atoms with Gasteiger partial charge in [0.15, 0.2) is 5.82 Å². The third-order valence-corrected chi connectivity index (χ3v) is 4.88. The zero-order valence-corrected chi connectivity index (χ0v) is 15.8. The molecule has 2 heterocycles. The molecule has 5 nitrogen and oxygen atoms in total. The number of hydrogen-bond acceptors (Lipinski definition) is 5. The van der Waals surface area contributed by atoms with Crippen molar-refractivity contribution in [1.29, 1.82) is 0 Å². The minimum absolute atomic E-state index is 0.0120. The monoisotopic (exact) mass is 403 g/mol. The molecule has 0 amide bonds. The van der Waals surface area contributed by atoms with Crippen molar-refractivity contribution in [3.63, 3.8) is 0 Å². The van der Waals surface area contributed by atoms with Crippen molar-refractivity contribution in [2.45, 2.75) is 13.0 Å². The smallest absolute Gasteiger partial charge is 0.227 e. The minimum atomic E-state index is -0.523. The summed E-state index contributed by atoms with van der Waals surface area (Å²) in [5.74, 6) is 0.558. The average Bonchev–Trinajstić information content (AvgIpc) is 2.60. The Bertz CT molecular complexity index is 768. The highest BCUT2D eigenvalue weighted by molar-refractivity contribution is 6.35. The third kappa shape index (κ3) is 4.26. The molecule has 0 spiro atoms. The number of halogens is 4. The zero-order chi connectivity index (χ0) is 18.0. The van der Waals surface area contributed by atoms with Gasteiger partial charge in [0.1, 0.15) is 10.8 Å². The van der Waals surface area contributed by atoms with Crippen molar-refractivity contribution in [3.8, 4) is 0 Å². The van der Waals surface area contributed by atoms with Crippen molar-refractivity contribution < 1.29 is 4.39 Å². The van der Waals surface area contributed by atoms with Crippen LogP contribution in [0.25, 0.3) is 0 Å². The molecule has 9 heteroatoms. The molecule has 3 rings (SSSR count). The van der Waals surface area contributed by atoms with Gasteiger partial charge in [0.2, 0.25) is 5.95 Å². The molecule has 1 aromatic carbocycles. The summed E-state index contributed by atoms with van der Waals surface area (Å²) in [6.45, 7) is 5.25. The van der Waals surface area contributed by atoms with E-state index >= 15 is 0 Å². The van der Waals surface area contributed by atoms with E-state index in [0.717, 1.165) is 26.2 Å². The summed E-state index contributed by atoms with van der Waals surface area (Å²) >= 11 is 18.2. The molecule has 0 bridgehead atoms. The number of rotatable bonds is 4. The van der Waals surface area contributed by atoms with Crippen LogP contribution in [0.15, 0.2) is 18.3 Å². The Labute approximate surface area is 160 Å². The van der Waals surface area contributed by atoms with E-state index in [-0.39, 0.29) is 11.1 Å². The Kier molecular flexibility index (Phi) is 5.84. The van der Waals surface area contributed by atoms with Gasteiger partial charge in [-0.15, -0.1) is 0 Å². The van der Waals surface area contributed by atoms with Crippen molar-refractivity contribution in [3.05, 3.63) is 44.8 Å². The molecule has 1 saturated heterocycles. The summed E-state index contributed by atoms with van der Waals surface area (Å²) in [5, 5.41) is 7.20. The van der Waals surface area contributed by atoms with Gasteiger partial charge in [-0.2, -0.15) is 4.98 Å². The average molecular weight is 405 g/mol. The Morgan fingerprint density at radius 1 is 1.16 bits per heavy atom. The molecule has 2 aromatic rings. The van der Waals surface area contributed by atoms with Crippen LogP contribution in [0.1, 0.15) is 18.5 Å². The Hall–Kier alpha value is -1.34. The van der Waals surface area contributed by atoms with Crippen molar-refractivity contribution in [2.75, 3.05) is 36.4 Å². The zero-order valence-electron chi connectivity index (χ0n) is 13.5. The lowest BCUT2D eigenvalue weighted by Gasteiger charge is -2.28. The van der Waals surface area contributed by atoms with Gasteiger partial charge in [-0.05, 0) is 24.6 Å². The molecule has 2 N–H and O–H groups in total. The van der Waals surface area contributed by atoms with Gasteiger partial charge in [-0.3, -0.25) is 0 Å². The molecule has 1 aromatic heterocycles. The highest BCUT2D eigenvalue weighted by Crippen LogP contribution is 2.32. The maximum atomic E-state index is 13.8. The molecule has 134 valence electrons. The first-order valence-electron chi connectivity index (χ1n) is 7.85. The second kappa shape index (κ2) is 7.91. The molecule has 1 unspecified atom stereocenters. The van der Waals surface area contributed by atoms with Gasteiger partial charge in [0.25, 0.3) is 0 Å². The Morgan fingerprint density at radius 2 is 1.88 bits per heavy atom. The topological polar surface area (TPSA) is 53.1 Å². The van der Waals surface area contributed by atoms with E-state index in [2.05, 4.69) is 25.5 Å². The van der Waals surface area contributed by atoms with E-state index in [4.69, 9.17) is 34.8 Å². The molecule has 1 fully saturated rings. The number of aromatic nitrogens is 2. The molecular weight excluding hydrogens is 388 g/mol. The molecule has 1 atom stereocenters. The molecule has 0 radical (unpaired) electrons. The van der Waals surface area contributed by atoms with Crippen molar-refractivity contribution in [1.82, 2.24) is 15.3 Å². The first kappa shape index (κ1) is 18.5. The Morgan fingerprint density at radius 3 is 2.60 bits per heavy atom. The summed E-state index contributed by atoms with van der Waals surface area (Å²) in [6.07, 6.45) is 1.56. The maximum absolute atomic E-state index is 13.8. The van der Waals surface area contributed by atoms with Crippen LogP contribution >= 0.6 is 34.8 Å². The van der Waals surface area contributed by atoms with Gasteiger partial charge in [0.05, 0.1) is 17.3 Å². The number of anilines is 2. The summed E-state index contributed by atoms with van der Waals surface area (Å²) in [7, 11) is 0. The molecule has 0 saturated carbocycles. The van der Waals surface area contributed by atoms with Crippen LogP contribution in [-0.2, 0) is 0 Å². The maximum Gasteiger partial charge on any atom is 0.227 e. The first-order valence-corrected chi connectivity index (χ1v) is 8.98. The molecule has 0 aliphatic carbocycles. The molecule has 1 aliphatic rings. The second-order valence-electron chi connectivity index (χ2n) is 5.76. The van der Waals surface area contributed by atoms with Gasteiger partial charge in [0, 0.05) is 31.2 Å². The summed E-state index contributed by atoms with van der Waals surface area (Å²) in [5.41, 5.74) is 0.571. The fourth-order valence-electron chi connectivity index (χ4n) is 2.63.